The lowest BCUT2D eigenvalue weighted by Crippen LogP contribution is -2.29. The topological polar surface area (TPSA) is 89.0 Å². The van der Waals surface area contributed by atoms with Gasteiger partial charge in [0, 0.05) is 24.5 Å². The Morgan fingerprint density at radius 3 is 2.59 bits per heavy atom. The highest BCUT2D eigenvalue weighted by Gasteiger charge is 2.46. The largest absolute Gasteiger partial charge is 0.507 e. The fourth-order valence-corrected chi connectivity index (χ4v) is 3.91. The summed E-state index contributed by atoms with van der Waals surface area (Å²) in [5.74, 6) is -0.522. The van der Waals surface area contributed by atoms with E-state index in [-0.39, 0.29) is 17.9 Å². The van der Waals surface area contributed by atoms with Crippen molar-refractivity contribution in [2.24, 2.45) is 0 Å². The number of carbonyl (C=O) groups is 2. The van der Waals surface area contributed by atoms with Gasteiger partial charge in [0.05, 0.1) is 18.7 Å². The Hall–Kier alpha value is -4.39. The first-order chi connectivity index (χ1) is 16.5. The van der Waals surface area contributed by atoms with Crippen LogP contribution in [0.4, 0.5) is 0 Å². The first kappa shape index (κ1) is 22.8. The molecule has 1 amide bonds. The predicted molar refractivity (Wildman–Crippen MR) is 127 cm³/mol. The number of pyridine rings is 1. The van der Waals surface area contributed by atoms with Gasteiger partial charge in [0.15, 0.2) is 0 Å². The summed E-state index contributed by atoms with van der Waals surface area (Å²) in [7, 11) is 1.54. The maximum absolute atomic E-state index is 13.2. The van der Waals surface area contributed by atoms with E-state index in [9.17, 15) is 14.7 Å². The number of aromatic nitrogens is 1. The molecule has 1 aliphatic heterocycles. The number of amides is 1. The van der Waals surface area contributed by atoms with Crippen LogP contribution in [0, 0.1) is 0 Å². The molecule has 172 valence electrons. The second-order valence-electron chi connectivity index (χ2n) is 7.69. The van der Waals surface area contributed by atoms with Crippen LogP contribution in [0.25, 0.3) is 5.76 Å². The molecule has 2 aromatic carbocycles. The number of nitrogens with zero attached hydrogens (tertiary/aromatic N) is 2. The van der Waals surface area contributed by atoms with E-state index in [0.717, 1.165) is 5.56 Å². The third kappa shape index (κ3) is 4.54. The van der Waals surface area contributed by atoms with Gasteiger partial charge >= 0.3 is 0 Å². The first-order valence-electron chi connectivity index (χ1n) is 10.7. The molecule has 2 heterocycles. The third-order valence-electron chi connectivity index (χ3n) is 5.52. The molecule has 0 spiro atoms. The van der Waals surface area contributed by atoms with Crippen LogP contribution in [0.3, 0.4) is 0 Å². The molecule has 1 saturated heterocycles. The number of hydrogen-bond acceptors (Lipinski definition) is 6. The van der Waals surface area contributed by atoms with Crippen molar-refractivity contribution in [1.29, 1.82) is 0 Å². The van der Waals surface area contributed by atoms with Gasteiger partial charge in [-0.05, 0) is 53.6 Å². The summed E-state index contributed by atoms with van der Waals surface area (Å²) in [5, 5.41) is 11.2. The van der Waals surface area contributed by atoms with Crippen LogP contribution in [-0.4, -0.2) is 40.4 Å². The van der Waals surface area contributed by atoms with E-state index in [2.05, 4.69) is 11.6 Å². The molecule has 3 aromatic rings. The summed E-state index contributed by atoms with van der Waals surface area (Å²) in [6, 6.07) is 16.6. The van der Waals surface area contributed by atoms with Gasteiger partial charge in [-0.2, -0.15) is 0 Å². The molecule has 0 bridgehead atoms. The fraction of sp³-hybridized carbons (Fsp3) is 0.148. The number of methoxy groups -OCH3 is 1. The van der Waals surface area contributed by atoms with Gasteiger partial charge in [-0.15, -0.1) is 0 Å². The molecule has 34 heavy (non-hydrogen) atoms. The molecule has 1 fully saturated rings. The van der Waals surface area contributed by atoms with E-state index in [1.54, 1.807) is 80.2 Å². The molecular formula is C27H24N2O5. The van der Waals surface area contributed by atoms with E-state index in [0.29, 0.717) is 29.2 Å². The molecule has 7 nitrogen and oxygen atoms in total. The van der Waals surface area contributed by atoms with Gasteiger partial charge in [0.25, 0.3) is 11.7 Å². The van der Waals surface area contributed by atoms with Crippen molar-refractivity contribution in [1.82, 2.24) is 9.88 Å². The zero-order valence-electron chi connectivity index (χ0n) is 18.7. The molecule has 0 unspecified atom stereocenters. The van der Waals surface area contributed by atoms with Crippen LogP contribution in [0.2, 0.25) is 0 Å². The molecule has 0 aliphatic carbocycles. The van der Waals surface area contributed by atoms with Crippen LogP contribution in [-0.2, 0) is 16.1 Å². The number of rotatable bonds is 8. The number of ether oxygens (including phenoxy) is 2. The zero-order valence-corrected chi connectivity index (χ0v) is 18.7. The van der Waals surface area contributed by atoms with Crippen LogP contribution in [0.5, 0.6) is 11.5 Å². The van der Waals surface area contributed by atoms with Crippen molar-refractivity contribution >= 4 is 17.4 Å². The lowest BCUT2D eigenvalue weighted by molar-refractivity contribution is -0.140. The Morgan fingerprint density at radius 1 is 1.12 bits per heavy atom. The van der Waals surface area contributed by atoms with Gasteiger partial charge in [-0.1, -0.05) is 30.9 Å². The average molecular weight is 456 g/mol. The lowest BCUT2D eigenvalue weighted by Gasteiger charge is -2.25. The Labute approximate surface area is 197 Å². The quantitative estimate of drug-likeness (QED) is 0.236. The lowest BCUT2D eigenvalue weighted by atomic mass is 9.95. The number of carbonyl (C=O) groups excluding carboxylic acids is 2. The monoisotopic (exact) mass is 456 g/mol. The summed E-state index contributed by atoms with van der Waals surface area (Å²) in [5.41, 5.74) is 1.83. The minimum Gasteiger partial charge on any atom is -0.507 e. The zero-order chi connectivity index (χ0) is 24.1. The van der Waals surface area contributed by atoms with E-state index in [4.69, 9.17) is 9.47 Å². The maximum Gasteiger partial charge on any atom is 0.295 e. The van der Waals surface area contributed by atoms with Crippen LogP contribution in [0.1, 0.15) is 22.7 Å². The molecule has 1 aliphatic rings. The van der Waals surface area contributed by atoms with Crippen molar-refractivity contribution < 1.29 is 24.2 Å². The summed E-state index contributed by atoms with van der Waals surface area (Å²) < 4.78 is 10.8. The minimum absolute atomic E-state index is 0.0157. The van der Waals surface area contributed by atoms with Crippen molar-refractivity contribution in [3.8, 4) is 11.5 Å². The van der Waals surface area contributed by atoms with Crippen LogP contribution in [0.15, 0.2) is 91.3 Å². The fourth-order valence-electron chi connectivity index (χ4n) is 3.91. The smallest absolute Gasteiger partial charge is 0.295 e. The van der Waals surface area contributed by atoms with Gasteiger partial charge < -0.3 is 19.5 Å². The standard InChI is InChI=1S/C27H24N2O5/c1-3-14-34-21-11-9-19(10-12-21)25(30)23-24(20-7-4-8-22(15-20)33-2)29(27(32)26(23)31)17-18-6-5-13-28-16-18/h3-13,15-16,24,30H,1,14,17H2,2H3/t24-/m1/s1. The van der Waals surface area contributed by atoms with E-state index in [1.807, 2.05) is 6.07 Å². The predicted octanol–water partition coefficient (Wildman–Crippen LogP) is 4.28. The second kappa shape index (κ2) is 10.0. The number of ketones is 1. The molecule has 0 radical (unpaired) electrons. The molecule has 1 N–H and O–H groups in total. The molecule has 7 heteroatoms. The highest BCUT2D eigenvalue weighted by molar-refractivity contribution is 6.46. The second-order valence-corrected chi connectivity index (χ2v) is 7.69. The molecule has 1 atom stereocenters. The number of Topliss-reactive ketones (excluding diaryl/α,β-unsaturated/α-hetero) is 1. The number of likely N-dealkylation sites (tertiary alicyclic amines) is 1. The average Bonchev–Trinajstić information content (AvgIpc) is 3.13. The highest BCUT2D eigenvalue weighted by atomic mass is 16.5. The Kier molecular flexibility index (Phi) is 6.73. The molecular weight excluding hydrogens is 432 g/mol. The van der Waals surface area contributed by atoms with E-state index < -0.39 is 17.7 Å². The normalized spacial score (nSPS) is 17.0. The van der Waals surface area contributed by atoms with Gasteiger partial charge in [0.2, 0.25) is 0 Å². The van der Waals surface area contributed by atoms with E-state index >= 15 is 0 Å². The molecule has 1 aromatic heterocycles. The van der Waals surface area contributed by atoms with E-state index in [1.165, 1.54) is 4.90 Å². The number of aliphatic hydroxyl groups excluding tert-OH is 1. The Bertz CT molecular complexity index is 1240. The summed E-state index contributed by atoms with van der Waals surface area (Å²) in [6.07, 6.45) is 4.91. The Morgan fingerprint density at radius 2 is 1.91 bits per heavy atom. The first-order valence-corrected chi connectivity index (χ1v) is 10.7. The summed E-state index contributed by atoms with van der Waals surface area (Å²) in [4.78, 5) is 31.8. The van der Waals surface area contributed by atoms with Crippen LogP contribution < -0.4 is 9.47 Å². The van der Waals surface area contributed by atoms with Gasteiger partial charge in [-0.25, -0.2) is 0 Å². The SMILES string of the molecule is C=CCOc1ccc(C(O)=C2C(=O)C(=O)N(Cc3cccnc3)[C@@H]2c2cccc(OC)c2)cc1. The minimum atomic E-state index is -0.799. The molecule has 0 saturated carbocycles. The maximum atomic E-state index is 13.2. The number of hydrogen-bond donors (Lipinski definition) is 1. The van der Waals surface area contributed by atoms with Crippen molar-refractivity contribution in [2.45, 2.75) is 12.6 Å². The third-order valence-corrected chi connectivity index (χ3v) is 5.52. The van der Waals surface area contributed by atoms with Crippen molar-refractivity contribution in [3.63, 3.8) is 0 Å². The summed E-state index contributed by atoms with van der Waals surface area (Å²) in [6.45, 7) is 4.12. The van der Waals surface area contributed by atoms with Crippen LogP contribution >= 0.6 is 0 Å². The highest BCUT2D eigenvalue weighted by Crippen LogP contribution is 2.41. The van der Waals surface area contributed by atoms with Crippen molar-refractivity contribution in [3.05, 3.63) is 108 Å². The number of benzene rings is 2. The van der Waals surface area contributed by atoms with Gasteiger partial charge in [-0.3, -0.25) is 14.6 Å². The summed E-state index contributed by atoms with van der Waals surface area (Å²) >= 11 is 0. The molecule has 4 rings (SSSR count). The number of aliphatic hydroxyl groups is 1. The Balaban J connectivity index is 1.80. The van der Waals surface area contributed by atoms with Crippen molar-refractivity contribution in [2.75, 3.05) is 13.7 Å². The van der Waals surface area contributed by atoms with Gasteiger partial charge in [0.1, 0.15) is 23.9 Å².